The third-order valence-corrected chi connectivity index (χ3v) is 2.55. The van der Waals surface area contributed by atoms with Gasteiger partial charge in [0.1, 0.15) is 5.75 Å². The van der Waals surface area contributed by atoms with Gasteiger partial charge in [0.25, 0.3) is 0 Å². The molecule has 0 amide bonds. The zero-order valence-corrected chi connectivity index (χ0v) is 10.4. The highest BCUT2D eigenvalue weighted by atomic mass is 16.5. The van der Waals surface area contributed by atoms with Gasteiger partial charge in [-0.15, -0.1) is 0 Å². The summed E-state index contributed by atoms with van der Waals surface area (Å²) in [5.74, 6) is 0.0696. The van der Waals surface area contributed by atoms with E-state index in [1.165, 1.54) is 12.4 Å². The minimum atomic E-state index is -0.388. The molecule has 0 aliphatic heterocycles. The Hall–Kier alpha value is -2.56. The first-order chi connectivity index (χ1) is 9.20. The Morgan fingerprint density at radius 3 is 2.26 bits per heavy atom. The number of benzene rings is 1. The van der Waals surface area contributed by atoms with E-state index in [-0.39, 0.29) is 23.8 Å². The molecule has 0 spiro atoms. The lowest BCUT2D eigenvalue weighted by molar-refractivity contribution is 0.0888. The molecule has 5 nitrogen and oxygen atoms in total. The van der Waals surface area contributed by atoms with Crippen LogP contribution in [0.25, 0.3) is 0 Å². The lowest BCUT2D eigenvalue weighted by Crippen LogP contribution is -2.11. The fraction of sp³-hybridized carbons (Fsp3) is 0.143. The molecule has 0 bridgehead atoms. The number of ether oxygens (including phenoxy) is 1. The number of nitrogens with zero attached hydrogens (tertiary/aromatic N) is 2. The Kier molecular flexibility index (Phi) is 3.97. The Labute approximate surface area is 110 Å². The third kappa shape index (κ3) is 3.22. The first kappa shape index (κ1) is 12.9. The van der Waals surface area contributed by atoms with Crippen LogP contribution >= 0.6 is 0 Å². The van der Waals surface area contributed by atoms with Crippen LogP contribution in [0.1, 0.15) is 27.4 Å². The van der Waals surface area contributed by atoms with Crippen molar-refractivity contribution in [2.45, 2.75) is 6.42 Å². The molecule has 0 saturated heterocycles. The zero-order chi connectivity index (χ0) is 13.7. The fourth-order valence-electron chi connectivity index (χ4n) is 1.55. The molecule has 0 fully saturated rings. The highest BCUT2D eigenvalue weighted by molar-refractivity contribution is 6.12. The van der Waals surface area contributed by atoms with Crippen molar-refractivity contribution in [1.82, 2.24) is 9.97 Å². The average Bonchev–Trinajstić information content (AvgIpc) is 2.48. The second kappa shape index (κ2) is 5.86. The molecule has 0 saturated carbocycles. The number of Topliss-reactive ketones (excluding diaryl/α,β-unsaturated/α-hetero) is 2. The number of methoxy groups -OCH3 is 1. The first-order valence-corrected chi connectivity index (χ1v) is 5.68. The summed E-state index contributed by atoms with van der Waals surface area (Å²) in [7, 11) is 1.55. The highest BCUT2D eigenvalue weighted by Gasteiger charge is 2.15. The summed E-state index contributed by atoms with van der Waals surface area (Å²) in [6, 6.07) is 8.22. The molecule has 1 aromatic heterocycles. The van der Waals surface area contributed by atoms with Crippen LogP contribution in [0.5, 0.6) is 5.75 Å². The molecule has 2 aromatic rings. The molecule has 0 radical (unpaired) electrons. The summed E-state index contributed by atoms with van der Waals surface area (Å²) in [6.45, 7) is 0. The van der Waals surface area contributed by atoms with Crippen LogP contribution in [-0.2, 0) is 0 Å². The minimum Gasteiger partial charge on any atom is -0.497 e. The normalized spacial score (nSPS) is 9.95. The number of hydrogen-bond donors (Lipinski definition) is 0. The maximum absolute atomic E-state index is 11.9. The zero-order valence-electron chi connectivity index (χ0n) is 10.4. The summed E-state index contributed by atoms with van der Waals surface area (Å²) in [5.41, 5.74) is 0.463. The summed E-state index contributed by atoms with van der Waals surface area (Å²) in [6.07, 6.45) is 2.70. The van der Waals surface area contributed by atoms with E-state index in [0.717, 1.165) is 0 Å². The molecule has 19 heavy (non-hydrogen) atoms. The Balaban J connectivity index is 2.06. The Bertz CT molecular complexity index is 579. The first-order valence-electron chi connectivity index (χ1n) is 5.68. The van der Waals surface area contributed by atoms with E-state index >= 15 is 0 Å². The van der Waals surface area contributed by atoms with Gasteiger partial charge in [-0.25, -0.2) is 9.97 Å². The number of carbonyl (C=O) groups is 2. The fourth-order valence-corrected chi connectivity index (χ4v) is 1.55. The maximum atomic E-state index is 11.9. The van der Waals surface area contributed by atoms with Crippen molar-refractivity contribution < 1.29 is 14.3 Å². The SMILES string of the molecule is COc1ccc(C(=O)CC(=O)c2ncccn2)cc1. The molecular weight excluding hydrogens is 244 g/mol. The predicted molar refractivity (Wildman–Crippen MR) is 68.3 cm³/mol. The van der Waals surface area contributed by atoms with Crippen molar-refractivity contribution in [1.29, 1.82) is 0 Å². The molecule has 0 unspecified atom stereocenters. The molecule has 0 aliphatic carbocycles. The van der Waals surface area contributed by atoms with Crippen LogP contribution in [0, 0.1) is 0 Å². The maximum Gasteiger partial charge on any atom is 0.207 e. The smallest absolute Gasteiger partial charge is 0.207 e. The van der Waals surface area contributed by atoms with Gasteiger partial charge in [0.15, 0.2) is 11.6 Å². The van der Waals surface area contributed by atoms with Gasteiger partial charge in [0.05, 0.1) is 13.5 Å². The van der Waals surface area contributed by atoms with Gasteiger partial charge in [-0.1, -0.05) is 0 Å². The molecule has 5 heteroatoms. The summed E-state index contributed by atoms with van der Waals surface area (Å²) >= 11 is 0. The van der Waals surface area contributed by atoms with Gasteiger partial charge in [0, 0.05) is 18.0 Å². The van der Waals surface area contributed by atoms with E-state index in [2.05, 4.69) is 9.97 Å². The van der Waals surface area contributed by atoms with E-state index in [0.29, 0.717) is 11.3 Å². The number of carbonyl (C=O) groups excluding carboxylic acids is 2. The molecule has 0 aliphatic rings. The van der Waals surface area contributed by atoms with E-state index in [1.807, 2.05) is 0 Å². The van der Waals surface area contributed by atoms with Gasteiger partial charge in [-0.3, -0.25) is 9.59 Å². The van der Waals surface area contributed by atoms with Gasteiger partial charge >= 0.3 is 0 Å². The van der Waals surface area contributed by atoms with Gasteiger partial charge in [0.2, 0.25) is 5.78 Å². The summed E-state index contributed by atoms with van der Waals surface area (Å²) in [5, 5.41) is 0. The van der Waals surface area contributed by atoms with Crippen LogP contribution in [0.15, 0.2) is 42.7 Å². The van der Waals surface area contributed by atoms with Gasteiger partial charge < -0.3 is 4.74 Å². The number of ketones is 2. The Morgan fingerprint density at radius 1 is 1.05 bits per heavy atom. The highest BCUT2D eigenvalue weighted by Crippen LogP contribution is 2.13. The molecule has 0 atom stereocenters. The van der Waals surface area contributed by atoms with E-state index in [1.54, 1.807) is 37.4 Å². The van der Waals surface area contributed by atoms with Crippen molar-refractivity contribution in [3.05, 3.63) is 54.1 Å². The molecule has 0 N–H and O–H groups in total. The monoisotopic (exact) mass is 256 g/mol. The third-order valence-electron chi connectivity index (χ3n) is 2.55. The minimum absolute atomic E-state index is 0.0596. The second-order valence-corrected chi connectivity index (χ2v) is 3.82. The van der Waals surface area contributed by atoms with Crippen molar-refractivity contribution in [3.63, 3.8) is 0 Å². The lowest BCUT2D eigenvalue weighted by Gasteiger charge is -2.02. The molecular formula is C14H12N2O3. The van der Waals surface area contributed by atoms with E-state index in [9.17, 15) is 9.59 Å². The number of aromatic nitrogens is 2. The quantitative estimate of drug-likeness (QED) is 0.604. The molecule has 96 valence electrons. The summed E-state index contributed by atoms with van der Waals surface area (Å²) in [4.78, 5) is 31.3. The van der Waals surface area contributed by atoms with Crippen molar-refractivity contribution in [2.24, 2.45) is 0 Å². The molecule has 1 heterocycles. The average molecular weight is 256 g/mol. The van der Waals surface area contributed by atoms with Crippen LogP contribution in [0.2, 0.25) is 0 Å². The topological polar surface area (TPSA) is 69.2 Å². The van der Waals surface area contributed by atoms with Crippen LogP contribution < -0.4 is 4.74 Å². The van der Waals surface area contributed by atoms with Gasteiger partial charge in [-0.05, 0) is 30.3 Å². The number of hydrogen-bond acceptors (Lipinski definition) is 5. The van der Waals surface area contributed by atoms with Crippen LogP contribution in [0.4, 0.5) is 0 Å². The van der Waals surface area contributed by atoms with E-state index < -0.39 is 0 Å². The van der Waals surface area contributed by atoms with Crippen LogP contribution in [0.3, 0.4) is 0 Å². The summed E-state index contributed by atoms with van der Waals surface area (Å²) < 4.78 is 5.00. The molecule has 2 rings (SSSR count). The lowest BCUT2D eigenvalue weighted by atomic mass is 10.1. The standard InChI is InChI=1S/C14H12N2O3/c1-19-11-5-3-10(4-6-11)12(17)9-13(18)14-15-7-2-8-16-14/h2-8H,9H2,1H3. The van der Waals surface area contributed by atoms with Crippen molar-refractivity contribution >= 4 is 11.6 Å². The van der Waals surface area contributed by atoms with Crippen LogP contribution in [-0.4, -0.2) is 28.6 Å². The van der Waals surface area contributed by atoms with Crippen molar-refractivity contribution in [2.75, 3.05) is 7.11 Å². The van der Waals surface area contributed by atoms with E-state index in [4.69, 9.17) is 4.74 Å². The second-order valence-electron chi connectivity index (χ2n) is 3.82. The van der Waals surface area contributed by atoms with Gasteiger partial charge in [-0.2, -0.15) is 0 Å². The molecule has 1 aromatic carbocycles. The largest absolute Gasteiger partial charge is 0.497 e. The Morgan fingerprint density at radius 2 is 1.68 bits per heavy atom. The predicted octanol–water partition coefficient (Wildman–Crippen LogP) is 1.94. The van der Waals surface area contributed by atoms with Crippen molar-refractivity contribution in [3.8, 4) is 5.75 Å². The number of rotatable bonds is 5.